The van der Waals surface area contributed by atoms with Gasteiger partial charge in [-0.1, -0.05) is 224 Å². The minimum atomic E-state index is 0.0146. The van der Waals surface area contributed by atoms with E-state index in [-0.39, 0.29) is 12.0 Å². The third-order valence-corrected chi connectivity index (χ3v) is 16.2. The molecule has 1 aliphatic heterocycles. The molecule has 2 aliphatic rings. The number of ether oxygens (including phenoxy) is 1. The van der Waals surface area contributed by atoms with Gasteiger partial charge in [0, 0.05) is 38.9 Å². The number of rotatable bonds is 5. The summed E-state index contributed by atoms with van der Waals surface area (Å²) in [6.45, 7) is 0. The van der Waals surface area contributed by atoms with E-state index in [4.69, 9.17) is 9.15 Å². The van der Waals surface area contributed by atoms with Gasteiger partial charge in [-0.25, -0.2) is 0 Å². The van der Waals surface area contributed by atoms with Crippen LogP contribution in [0.3, 0.4) is 0 Å². The van der Waals surface area contributed by atoms with Gasteiger partial charge >= 0.3 is 0 Å². The molecule has 14 aromatic rings. The average Bonchev–Trinajstić information content (AvgIpc) is 4.05. The summed E-state index contributed by atoms with van der Waals surface area (Å²) in [7, 11) is 0. The molecule has 16 rings (SSSR count). The van der Waals surface area contributed by atoms with Crippen molar-refractivity contribution in [2.24, 2.45) is 0 Å². The van der Waals surface area contributed by atoms with Gasteiger partial charge in [0.05, 0.1) is 0 Å². The molecule has 1 aliphatic carbocycles. The van der Waals surface area contributed by atoms with E-state index in [1.54, 1.807) is 0 Å². The fourth-order valence-electron chi connectivity index (χ4n) is 12.9. The van der Waals surface area contributed by atoms with E-state index in [0.717, 1.165) is 44.4 Å². The van der Waals surface area contributed by atoms with Gasteiger partial charge in [-0.3, -0.25) is 0 Å². The summed E-state index contributed by atoms with van der Waals surface area (Å²) in [6, 6.07) is 84.9. The van der Waals surface area contributed by atoms with Gasteiger partial charge in [0.1, 0.15) is 23.0 Å². The van der Waals surface area contributed by atoms with Crippen LogP contribution in [0.25, 0.3) is 142 Å². The third-order valence-electron chi connectivity index (χ3n) is 16.2. The molecule has 13 aromatic carbocycles. The van der Waals surface area contributed by atoms with Crippen LogP contribution in [0.15, 0.2) is 259 Å². The monoisotopic (exact) mass is 940 g/mol. The summed E-state index contributed by atoms with van der Waals surface area (Å²) in [5, 5.41) is 16.9. The number of para-hydroxylation sites is 2. The molecule has 1 aromatic heterocycles. The average molecular weight is 941 g/mol. The zero-order valence-corrected chi connectivity index (χ0v) is 40.2. The molecule has 2 unspecified atom stereocenters. The second kappa shape index (κ2) is 16.0. The fourth-order valence-corrected chi connectivity index (χ4v) is 12.9. The molecular formula is C72H44O2. The molecule has 0 saturated heterocycles. The first-order valence-corrected chi connectivity index (χ1v) is 25.7. The number of hydrogen-bond donors (Lipinski definition) is 0. The summed E-state index contributed by atoms with van der Waals surface area (Å²) in [5.41, 5.74) is 14.9. The predicted molar refractivity (Wildman–Crippen MR) is 311 cm³/mol. The lowest BCUT2D eigenvalue weighted by atomic mass is 9.84. The Morgan fingerprint density at radius 2 is 0.784 bits per heavy atom. The third kappa shape index (κ3) is 6.06. The highest BCUT2D eigenvalue weighted by molar-refractivity contribution is 6.25. The van der Waals surface area contributed by atoms with Crippen molar-refractivity contribution in [3.63, 3.8) is 0 Å². The van der Waals surface area contributed by atoms with E-state index < -0.39 is 0 Å². The molecule has 0 fully saturated rings. The molecule has 0 saturated carbocycles. The van der Waals surface area contributed by atoms with E-state index in [2.05, 4.69) is 255 Å². The second-order valence-electron chi connectivity index (χ2n) is 20.1. The van der Waals surface area contributed by atoms with Crippen LogP contribution in [0.4, 0.5) is 0 Å². The van der Waals surface area contributed by atoms with Gasteiger partial charge in [-0.2, -0.15) is 0 Å². The zero-order valence-electron chi connectivity index (χ0n) is 40.2. The Kier molecular flexibility index (Phi) is 8.90. The van der Waals surface area contributed by atoms with Crippen molar-refractivity contribution < 1.29 is 9.15 Å². The molecule has 0 N–H and O–H groups in total. The fraction of sp³-hybridized carbons (Fsp3) is 0.0278. The number of fused-ring (bicyclic) bond motifs is 12. The van der Waals surface area contributed by atoms with Crippen molar-refractivity contribution >= 4 is 86.6 Å². The van der Waals surface area contributed by atoms with Crippen LogP contribution >= 0.6 is 0 Å². The molecule has 2 heteroatoms. The minimum absolute atomic E-state index is 0.0146. The first-order chi connectivity index (χ1) is 36.7. The van der Waals surface area contributed by atoms with Crippen LogP contribution in [0, 0.1) is 0 Å². The summed E-state index contributed by atoms with van der Waals surface area (Å²) in [4.78, 5) is 0. The van der Waals surface area contributed by atoms with Crippen molar-refractivity contribution in [1.82, 2.24) is 0 Å². The van der Waals surface area contributed by atoms with Crippen molar-refractivity contribution in [3.8, 4) is 61.4 Å². The number of furan rings is 1. The summed E-state index contributed by atoms with van der Waals surface area (Å²) >= 11 is 0. The zero-order chi connectivity index (χ0) is 48.4. The highest BCUT2D eigenvalue weighted by Crippen LogP contribution is 2.52. The standard InChI is InChI=1S/C72H44O2/c1-2-18-49-44(16-1)17-13-29-52(49)69-57-24-7-3-20-53(57)68(54-21-4-8-25-58(54)69)47-38-39-66-64(42-47)62-31-14-28-50(71(62)74-66)45-36-34-43-35-37-46(41-48(43)40-45)67-55-22-5-9-26-59(55)70(60-27-10-6-23-56(60)67)63-32-15-30-61-51-19-11-12-33-65(51)73-72(61)63/h1-42,51,65H. The Morgan fingerprint density at radius 3 is 1.47 bits per heavy atom. The molecule has 344 valence electrons. The van der Waals surface area contributed by atoms with Crippen molar-refractivity contribution in [3.05, 3.63) is 260 Å². The van der Waals surface area contributed by atoms with Crippen molar-refractivity contribution in [1.29, 1.82) is 0 Å². The van der Waals surface area contributed by atoms with Gasteiger partial charge < -0.3 is 9.15 Å². The first kappa shape index (κ1) is 41.2. The van der Waals surface area contributed by atoms with E-state index in [1.165, 1.54) is 109 Å². The van der Waals surface area contributed by atoms with E-state index in [9.17, 15) is 0 Å². The van der Waals surface area contributed by atoms with Crippen LogP contribution in [-0.2, 0) is 0 Å². The topological polar surface area (TPSA) is 22.4 Å². The highest BCUT2D eigenvalue weighted by atomic mass is 16.5. The Morgan fingerprint density at radius 1 is 0.297 bits per heavy atom. The first-order valence-electron chi connectivity index (χ1n) is 25.7. The summed E-state index contributed by atoms with van der Waals surface area (Å²) < 4.78 is 13.7. The molecule has 0 bridgehead atoms. The Hall–Kier alpha value is -9.50. The Bertz CT molecular complexity index is 4660. The smallest absolute Gasteiger partial charge is 0.143 e. The SMILES string of the molecule is C1=CC2Oc3c(-c4c5ccccc5c(-c5ccc6ccc(-c7cccc8c7oc7ccc(-c9c%10ccccc%10c(-c%10cccc%11ccccc%10%11)c%10ccccc9%10)cc78)cc6c5)c5ccccc45)cccc3C2C=C1. The summed E-state index contributed by atoms with van der Waals surface area (Å²) in [5.74, 6) is 1.21. The molecule has 2 heterocycles. The highest BCUT2D eigenvalue weighted by Gasteiger charge is 2.34. The lowest BCUT2D eigenvalue weighted by Crippen LogP contribution is -2.15. The molecule has 2 nitrogen and oxygen atoms in total. The Labute approximate surface area is 427 Å². The van der Waals surface area contributed by atoms with Crippen LogP contribution in [0.2, 0.25) is 0 Å². The minimum Gasteiger partial charge on any atom is -0.484 e. The molecule has 0 amide bonds. The maximum absolute atomic E-state index is 6.91. The van der Waals surface area contributed by atoms with Gasteiger partial charge in [0.15, 0.2) is 0 Å². The number of hydrogen-bond acceptors (Lipinski definition) is 2. The lowest BCUT2D eigenvalue weighted by molar-refractivity contribution is 0.270. The maximum Gasteiger partial charge on any atom is 0.143 e. The van der Waals surface area contributed by atoms with Crippen LogP contribution in [0.1, 0.15) is 11.5 Å². The largest absolute Gasteiger partial charge is 0.484 e. The van der Waals surface area contributed by atoms with Crippen LogP contribution in [0.5, 0.6) is 5.75 Å². The molecular weight excluding hydrogens is 897 g/mol. The normalized spacial score (nSPS) is 15.0. The molecule has 0 spiro atoms. The predicted octanol–water partition coefficient (Wildman–Crippen LogP) is 19.8. The molecule has 2 atom stereocenters. The lowest BCUT2D eigenvalue weighted by Gasteiger charge is -2.19. The van der Waals surface area contributed by atoms with E-state index in [0.29, 0.717) is 0 Å². The quantitative estimate of drug-likeness (QED) is 0.160. The molecule has 0 radical (unpaired) electrons. The van der Waals surface area contributed by atoms with Gasteiger partial charge in [-0.15, -0.1) is 0 Å². The second-order valence-corrected chi connectivity index (χ2v) is 20.1. The molecule has 74 heavy (non-hydrogen) atoms. The van der Waals surface area contributed by atoms with Crippen LogP contribution in [-0.4, -0.2) is 6.10 Å². The van der Waals surface area contributed by atoms with Gasteiger partial charge in [0.25, 0.3) is 0 Å². The van der Waals surface area contributed by atoms with E-state index in [1.807, 2.05) is 0 Å². The summed E-state index contributed by atoms with van der Waals surface area (Å²) in [6.07, 6.45) is 8.71. The van der Waals surface area contributed by atoms with E-state index >= 15 is 0 Å². The van der Waals surface area contributed by atoms with Crippen molar-refractivity contribution in [2.75, 3.05) is 0 Å². The number of allylic oxidation sites excluding steroid dienone is 2. The maximum atomic E-state index is 6.91. The van der Waals surface area contributed by atoms with Gasteiger partial charge in [-0.05, 0) is 134 Å². The number of benzene rings is 13. The van der Waals surface area contributed by atoms with Crippen LogP contribution < -0.4 is 4.74 Å². The van der Waals surface area contributed by atoms with Crippen molar-refractivity contribution in [2.45, 2.75) is 12.0 Å². The van der Waals surface area contributed by atoms with Gasteiger partial charge in [0.2, 0.25) is 0 Å². The Balaban J connectivity index is 0.830.